The summed E-state index contributed by atoms with van der Waals surface area (Å²) in [6.45, 7) is 7.20. The van der Waals surface area contributed by atoms with Gasteiger partial charge in [0.15, 0.2) is 0 Å². The minimum absolute atomic E-state index is 0.264. The highest BCUT2D eigenvalue weighted by Gasteiger charge is 2.22. The number of rotatable bonds is 2. The minimum Gasteiger partial charge on any atom is -0.298 e. The van der Waals surface area contributed by atoms with Gasteiger partial charge in [0.25, 0.3) is 0 Å². The van der Waals surface area contributed by atoms with E-state index in [1.807, 2.05) is 6.07 Å². The molecular weight excluding hydrogens is 227 g/mol. The van der Waals surface area contributed by atoms with Crippen molar-refractivity contribution in [1.29, 1.82) is 5.26 Å². The highest BCUT2D eigenvalue weighted by molar-refractivity contribution is 5.32. The molecule has 2 unspecified atom stereocenters. The van der Waals surface area contributed by atoms with Crippen molar-refractivity contribution in [2.75, 3.05) is 13.1 Å². The van der Waals surface area contributed by atoms with Crippen LogP contribution in [0.15, 0.2) is 18.2 Å². The average Bonchev–Trinajstić information content (AvgIpc) is 2.30. The third-order valence-electron chi connectivity index (χ3n) is 3.52. The lowest BCUT2D eigenvalue weighted by Crippen LogP contribution is -2.38. The summed E-state index contributed by atoms with van der Waals surface area (Å²) in [6.07, 6.45) is 1.26. The number of likely N-dealkylation sites (tertiary alicyclic amines) is 1. The zero-order valence-electron chi connectivity index (χ0n) is 11.0. The van der Waals surface area contributed by atoms with Crippen molar-refractivity contribution in [3.8, 4) is 6.07 Å². The quantitative estimate of drug-likeness (QED) is 0.801. The van der Waals surface area contributed by atoms with Crippen molar-refractivity contribution >= 4 is 0 Å². The summed E-state index contributed by atoms with van der Waals surface area (Å²) in [7, 11) is 0. The predicted octanol–water partition coefficient (Wildman–Crippen LogP) is 3.18. The summed E-state index contributed by atoms with van der Waals surface area (Å²) in [4.78, 5) is 2.31. The lowest BCUT2D eigenvalue weighted by atomic mass is 9.91. The second kappa shape index (κ2) is 5.49. The molecule has 0 aromatic heterocycles. The predicted molar refractivity (Wildman–Crippen MR) is 69.3 cm³/mol. The molecule has 96 valence electrons. The Morgan fingerprint density at radius 1 is 1.33 bits per heavy atom. The number of piperidine rings is 1. The van der Waals surface area contributed by atoms with Gasteiger partial charge in [0.05, 0.1) is 11.6 Å². The van der Waals surface area contributed by atoms with E-state index in [-0.39, 0.29) is 5.82 Å². The van der Waals surface area contributed by atoms with E-state index in [1.54, 1.807) is 12.1 Å². The third-order valence-corrected chi connectivity index (χ3v) is 3.52. The number of nitrogens with zero attached hydrogens (tertiary/aromatic N) is 2. The van der Waals surface area contributed by atoms with Gasteiger partial charge in [0, 0.05) is 25.2 Å². The fourth-order valence-electron chi connectivity index (χ4n) is 2.91. The summed E-state index contributed by atoms with van der Waals surface area (Å²) in [5.41, 5.74) is 1.08. The average molecular weight is 246 g/mol. The molecule has 0 saturated carbocycles. The summed E-state index contributed by atoms with van der Waals surface area (Å²) >= 11 is 0. The standard InChI is InChI=1S/C15H19FN2/c1-11-5-12(2)9-18(8-11)10-14-4-3-13(7-17)6-15(14)16/h3-4,6,11-12H,5,8-10H2,1-2H3. The Kier molecular flexibility index (Phi) is 3.98. The van der Waals surface area contributed by atoms with Crippen LogP contribution in [-0.2, 0) is 6.54 Å². The van der Waals surface area contributed by atoms with E-state index < -0.39 is 0 Å². The molecule has 0 spiro atoms. The lowest BCUT2D eigenvalue weighted by Gasteiger charge is -2.35. The SMILES string of the molecule is CC1CC(C)CN(Cc2ccc(C#N)cc2F)C1. The Bertz CT molecular complexity index is 454. The molecule has 1 aromatic rings. The molecule has 1 aliphatic heterocycles. The largest absolute Gasteiger partial charge is 0.298 e. The van der Waals surface area contributed by atoms with Gasteiger partial charge in [-0.05, 0) is 30.4 Å². The zero-order chi connectivity index (χ0) is 13.1. The Balaban J connectivity index is 2.07. The van der Waals surface area contributed by atoms with Crippen LogP contribution in [0.1, 0.15) is 31.4 Å². The van der Waals surface area contributed by atoms with E-state index in [1.165, 1.54) is 12.5 Å². The van der Waals surface area contributed by atoms with Crippen LogP contribution >= 0.6 is 0 Å². The second-order valence-corrected chi connectivity index (χ2v) is 5.56. The normalized spacial score (nSPS) is 24.8. The zero-order valence-corrected chi connectivity index (χ0v) is 11.0. The third kappa shape index (κ3) is 3.08. The number of nitriles is 1. The molecule has 0 N–H and O–H groups in total. The highest BCUT2D eigenvalue weighted by atomic mass is 19.1. The molecule has 0 aliphatic carbocycles. The molecule has 1 aromatic carbocycles. The Hall–Kier alpha value is -1.40. The lowest BCUT2D eigenvalue weighted by molar-refractivity contribution is 0.133. The van der Waals surface area contributed by atoms with Crippen molar-refractivity contribution < 1.29 is 4.39 Å². The molecule has 0 bridgehead atoms. The molecule has 18 heavy (non-hydrogen) atoms. The van der Waals surface area contributed by atoms with Gasteiger partial charge in [-0.15, -0.1) is 0 Å². The van der Waals surface area contributed by atoms with Gasteiger partial charge in [0.2, 0.25) is 0 Å². The van der Waals surface area contributed by atoms with Crippen LogP contribution in [0, 0.1) is 29.0 Å². The second-order valence-electron chi connectivity index (χ2n) is 5.56. The molecule has 1 aliphatic rings. The van der Waals surface area contributed by atoms with Gasteiger partial charge < -0.3 is 0 Å². The van der Waals surface area contributed by atoms with Gasteiger partial charge in [-0.2, -0.15) is 5.26 Å². The van der Waals surface area contributed by atoms with Crippen LogP contribution in [0.5, 0.6) is 0 Å². The van der Waals surface area contributed by atoms with E-state index >= 15 is 0 Å². The number of benzene rings is 1. The van der Waals surface area contributed by atoms with E-state index in [4.69, 9.17) is 5.26 Å². The first-order chi connectivity index (χ1) is 8.58. The minimum atomic E-state index is -0.264. The summed E-state index contributed by atoms with van der Waals surface area (Å²) in [5, 5.41) is 8.72. The van der Waals surface area contributed by atoms with E-state index in [9.17, 15) is 4.39 Å². The van der Waals surface area contributed by atoms with Gasteiger partial charge in [-0.1, -0.05) is 19.9 Å². The maximum absolute atomic E-state index is 13.8. The van der Waals surface area contributed by atoms with Crippen LogP contribution in [0.4, 0.5) is 4.39 Å². The summed E-state index contributed by atoms with van der Waals surface area (Å²) in [6, 6.07) is 6.71. The first-order valence-corrected chi connectivity index (χ1v) is 6.49. The fraction of sp³-hybridized carbons (Fsp3) is 0.533. The smallest absolute Gasteiger partial charge is 0.129 e. The van der Waals surface area contributed by atoms with Crippen molar-refractivity contribution in [3.63, 3.8) is 0 Å². The van der Waals surface area contributed by atoms with E-state index in [2.05, 4.69) is 18.7 Å². The molecule has 1 heterocycles. The van der Waals surface area contributed by atoms with Crippen LogP contribution in [0.25, 0.3) is 0 Å². The Labute approximate surface area is 108 Å². The van der Waals surface area contributed by atoms with Crippen molar-refractivity contribution in [3.05, 3.63) is 35.1 Å². The summed E-state index contributed by atoms with van der Waals surface area (Å²) < 4.78 is 13.8. The van der Waals surface area contributed by atoms with Gasteiger partial charge in [0.1, 0.15) is 5.82 Å². The maximum atomic E-state index is 13.8. The van der Waals surface area contributed by atoms with Gasteiger partial charge in [-0.25, -0.2) is 4.39 Å². The Morgan fingerprint density at radius 3 is 2.56 bits per heavy atom. The monoisotopic (exact) mass is 246 g/mol. The van der Waals surface area contributed by atoms with E-state index in [0.29, 0.717) is 29.5 Å². The first-order valence-electron chi connectivity index (χ1n) is 6.49. The highest BCUT2D eigenvalue weighted by Crippen LogP contribution is 2.23. The van der Waals surface area contributed by atoms with Crippen molar-refractivity contribution in [2.45, 2.75) is 26.8 Å². The van der Waals surface area contributed by atoms with Crippen LogP contribution in [0.3, 0.4) is 0 Å². The molecule has 3 heteroatoms. The molecule has 2 nitrogen and oxygen atoms in total. The Morgan fingerprint density at radius 2 is 2.00 bits per heavy atom. The maximum Gasteiger partial charge on any atom is 0.129 e. The van der Waals surface area contributed by atoms with Crippen molar-refractivity contribution in [1.82, 2.24) is 4.90 Å². The molecule has 1 fully saturated rings. The molecule has 0 amide bonds. The van der Waals surface area contributed by atoms with Crippen LogP contribution < -0.4 is 0 Å². The van der Waals surface area contributed by atoms with Crippen molar-refractivity contribution in [2.24, 2.45) is 11.8 Å². The number of hydrogen-bond donors (Lipinski definition) is 0. The number of halogens is 1. The van der Waals surface area contributed by atoms with Gasteiger partial charge >= 0.3 is 0 Å². The van der Waals surface area contributed by atoms with Gasteiger partial charge in [-0.3, -0.25) is 4.90 Å². The fourth-order valence-corrected chi connectivity index (χ4v) is 2.91. The van der Waals surface area contributed by atoms with E-state index in [0.717, 1.165) is 13.1 Å². The van der Waals surface area contributed by atoms with Crippen LogP contribution in [-0.4, -0.2) is 18.0 Å². The molecule has 2 rings (SSSR count). The molecule has 1 saturated heterocycles. The first kappa shape index (κ1) is 13.0. The van der Waals surface area contributed by atoms with Crippen LogP contribution in [0.2, 0.25) is 0 Å². The number of hydrogen-bond acceptors (Lipinski definition) is 2. The molecule has 2 atom stereocenters. The summed E-state index contributed by atoms with van der Waals surface area (Å²) in [5.74, 6) is 1.09. The topological polar surface area (TPSA) is 27.0 Å². The molecule has 0 radical (unpaired) electrons. The molecular formula is C15H19FN2.